The van der Waals surface area contributed by atoms with Gasteiger partial charge in [-0.15, -0.1) is 0 Å². The lowest BCUT2D eigenvalue weighted by Gasteiger charge is -2.44. The molecule has 1 aromatic carbocycles. The Kier molecular flexibility index (Phi) is 10.6. The number of hydrogen-bond acceptors (Lipinski definition) is 5. The van der Waals surface area contributed by atoms with Gasteiger partial charge in [0, 0.05) is 38.3 Å². The molecule has 0 aliphatic carbocycles. The molecular weight excluding hydrogens is 372 g/mol. The number of nitrogens with one attached hydrogen (secondary N) is 2. The molecule has 29 heavy (non-hydrogen) atoms. The van der Waals surface area contributed by atoms with Crippen LogP contribution in [-0.2, 0) is 4.79 Å². The zero-order valence-corrected chi connectivity index (χ0v) is 18.0. The van der Waals surface area contributed by atoms with Crippen molar-refractivity contribution in [2.75, 3.05) is 39.3 Å². The van der Waals surface area contributed by atoms with Crippen LogP contribution in [0, 0.1) is 0 Å². The summed E-state index contributed by atoms with van der Waals surface area (Å²) in [6.45, 7) is 13.9. The summed E-state index contributed by atoms with van der Waals surface area (Å²) in [5, 5.41) is 23.1. The fraction of sp³-hybridized carbons (Fsp3) is 0.619. The summed E-state index contributed by atoms with van der Waals surface area (Å²) in [7, 11) is 0. The van der Waals surface area contributed by atoms with Crippen molar-refractivity contribution in [3.05, 3.63) is 35.9 Å². The smallest absolute Gasteiger partial charge is 0.315 e. The summed E-state index contributed by atoms with van der Waals surface area (Å²) in [6.07, 6.45) is -0.725. The molecule has 1 aliphatic rings. The molecule has 0 unspecified atom stereocenters. The van der Waals surface area contributed by atoms with E-state index in [2.05, 4.69) is 41.2 Å². The van der Waals surface area contributed by atoms with E-state index in [4.69, 9.17) is 9.90 Å². The number of carboxylic acid groups (broad SMARTS) is 1. The van der Waals surface area contributed by atoms with Crippen molar-refractivity contribution < 1.29 is 19.8 Å². The number of carbonyl (C=O) groups excluding carboxylic acids is 1. The van der Waals surface area contributed by atoms with Crippen molar-refractivity contribution in [3.8, 4) is 0 Å². The largest absolute Gasteiger partial charge is 0.483 e. The number of benzene rings is 1. The van der Waals surface area contributed by atoms with E-state index in [1.54, 1.807) is 0 Å². The Balaban J connectivity index is 0.00000132. The van der Waals surface area contributed by atoms with Gasteiger partial charge in [-0.05, 0) is 32.9 Å². The van der Waals surface area contributed by atoms with Crippen LogP contribution in [0.25, 0.3) is 0 Å². The maximum atomic E-state index is 12.3. The van der Waals surface area contributed by atoms with Crippen molar-refractivity contribution in [1.29, 1.82) is 0 Å². The van der Waals surface area contributed by atoms with Gasteiger partial charge in [0.15, 0.2) is 0 Å². The highest BCUT2D eigenvalue weighted by atomic mass is 16.3. The maximum absolute atomic E-state index is 12.3. The van der Waals surface area contributed by atoms with Crippen LogP contribution in [0.3, 0.4) is 0 Å². The van der Waals surface area contributed by atoms with E-state index >= 15 is 0 Å². The molecular formula is C21H36N4O4. The second-order valence-corrected chi connectivity index (χ2v) is 7.81. The first-order chi connectivity index (χ1) is 13.7. The Morgan fingerprint density at radius 1 is 1.21 bits per heavy atom. The highest BCUT2D eigenvalue weighted by molar-refractivity contribution is 5.74. The SMILES string of the molecule is CCN1CCN(C(C)(C)CNC(=O)N[C@@H](C)[C@H](O)c2ccccc2)CC1.O=CO. The number of piperazine rings is 1. The molecule has 8 nitrogen and oxygen atoms in total. The molecule has 1 aliphatic heterocycles. The van der Waals surface area contributed by atoms with Gasteiger partial charge in [-0.1, -0.05) is 37.3 Å². The number of likely N-dealkylation sites (N-methyl/N-ethyl adjacent to an activating group) is 1. The van der Waals surface area contributed by atoms with Gasteiger partial charge in [-0.3, -0.25) is 9.69 Å². The molecule has 4 N–H and O–H groups in total. The number of aliphatic hydroxyl groups excluding tert-OH is 1. The Morgan fingerprint density at radius 2 is 1.76 bits per heavy atom. The highest BCUT2D eigenvalue weighted by Gasteiger charge is 2.30. The van der Waals surface area contributed by atoms with Gasteiger partial charge in [0.1, 0.15) is 0 Å². The zero-order chi connectivity index (χ0) is 21.9. The lowest BCUT2D eigenvalue weighted by molar-refractivity contribution is -0.122. The van der Waals surface area contributed by atoms with Gasteiger partial charge < -0.3 is 25.7 Å². The molecule has 8 heteroatoms. The predicted molar refractivity (Wildman–Crippen MR) is 114 cm³/mol. The maximum Gasteiger partial charge on any atom is 0.315 e. The van der Waals surface area contributed by atoms with Gasteiger partial charge in [-0.2, -0.15) is 0 Å². The molecule has 0 aromatic heterocycles. The summed E-state index contributed by atoms with van der Waals surface area (Å²) < 4.78 is 0. The van der Waals surface area contributed by atoms with E-state index in [0.29, 0.717) is 6.54 Å². The molecule has 1 aromatic rings. The van der Waals surface area contributed by atoms with Crippen LogP contribution < -0.4 is 10.6 Å². The monoisotopic (exact) mass is 408 g/mol. The number of hydrogen-bond donors (Lipinski definition) is 4. The fourth-order valence-electron chi connectivity index (χ4n) is 3.35. The molecule has 0 bridgehead atoms. The third-order valence-corrected chi connectivity index (χ3v) is 5.33. The normalized spacial score (nSPS) is 17.4. The topological polar surface area (TPSA) is 105 Å². The molecule has 2 atom stereocenters. The van der Waals surface area contributed by atoms with E-state index in [1.165, 1.54) is 0 Å². The van der Waals surface area contributed by atoms with Crippen LogP contribution in [0.1, 0.15) is 39.4 Å². The lowest BCUT2D eigenvalue weighted by Crippen LogP contribution is -2.59. The molecule has 2 amide bonds. The molecule has 1 fully saturated rings. The summed E-state index contributed by atoms with van der Waals surface area (Å²) in [6, 6.07) is 8.78. The first kappa shape index (κ1) is 24.9. The molecule has 2 rings (SSSR count). The second-order valence-electron chi connectivity index (χ2n) is 7.81. The Labute approximate surface area is 173 Å². The second kappa shape index (κ2) is 12.4. The first-order valence-corrected chi connectivity index (χ1v) is 10.1. The van der Waals surface area contributed by atoms with Crippen molar-refractivity contribution in [2.45, 2.75) is 45.4 Å². The fourth-order valence-corrected chi connectivity index (χ4v) is 3.35. The zero-order valence-electron chi connectivity index (χ0n) is 18.0. The van der Waals surface area contributed by atoms with Crippen molar-refractivity contribution in [3.63, 3.8) is 0 Å². The molecule has 0 spiro atoms. The number of nitrogens with zero attached hydrogens (tertiary/aromatic N) is 2. The van der Waals surface area contributed by atoms with E-state index in [0.717, 1.165) is 38.3 Å². The van der Waals surface area contributed by atoms with Crippen molar-refractivity contribution in [2.24, 2.45) is 0 Å². The van der Waals surface area contributed by atoms with Gasteiger partial charge in [-0.25, -0.2) is 4.79 Å². The van der Waals surface area contributed by atoms with E-state index in [1.807, 2.05) is 37.3 Å². The minimum absolute atomic E-state index is 0.0988. The van der Waals surface area contributed by atoms with Crippen LogP contribution in [0.2, 0.25) is 0 Å². The quantitative estimate of drug-likeness (QED) is 0.510. The van der Waals surface area contributed by atoms with Gasteiger partial charge >= 0.3 is 6.03 Å². The Hall–Kier alpha value is -2.16. The van der Waals surface area contributed by atoms with Gasteiger partial charge in [0.05, 0.1) is 12.1 Å². The number of aliphatic hydroxyl groups is 1. The van der Waals surface area contributed by atoms with Crippen LogP contribution in [0.15, 0.2) is 30.3 Å². The van der Waals surface area contributed by atoms with Crippen LogP contribution >= 0.6 is 0 Å². The van der Waals surface area contributed by atoms with E-state index < -0.39 is 6.10 Å². The number of amides is 2. The predicted octanol–water partition coefficient (Wildman–Crippen LogP) is 1.52. The first-order valence-electron chi connectivity index (χ1n) is 10.1. The average molecular weight is 409 g/mol. The molecule has 1 heterocycles. The lowest BCUT2D eigenvalue weighted by atomic mass is 10.0. The van der Waals surface area contributed by atoms with E-state index in [-0.39, 0.29) is 24.1 Å². The van der Waals surface area contributed by atoms with Gasteiger partial charge in [0.2, 0.25) is 0 Å². The summed E-state index contributed by atoms with van der Waals surface area (Å²) in [5.41, 5.74) is 0.702. The highest BCUT2D eigenvalue weighted by Crippen LogP contribution is 2.17. The number of urea groups is 1. The molecule has 164 valence electrons. The van der Waals surface area contributed by atoms with Crippen molar-refractivity contribution in [1.82, 2.24) is 20.4 Å². The van der Waals surface area contributed by atoms with Gasteiger partial charge in [0.25, 0.3) is 6.47 Å². The summed E-state index contributed by atoms with van der Waals surface area (Å²) in [5.74, 6) is 0. The van der Waals surface area contributed by atoms with Crippen LogP contribution in [0.5, 0.6) is 0 Å². The van der Waals surface area contributed by atoms with Crippen molar-refractivity contribution >= 4 is 12.5 Å². The molecule has 0 radical (unpaired) electrons. The summed E-state index contributed by atoms with van der Waals surface area (Å²) in [4.78, 5) is 25.5. The number of carbonyl (C=O) groups is 2. The number of rotatable bonds is 7. The third-order valence-electron chi connectivity index (χ3n) is 5.33. The van der Waals surface area contributed by atoms with Crippen LogP contribution in [-0.4, -0.2) is 83.4 Å². The van der Waals surface area contributed by atoms with Crippen LogP contribution in [0.4, 0.5) is 4.79 Å². The summed E-state index contributed by atoms with van der Waals surface area (Å²) >= 11 is 0. The minimum Gasteiger partial charge on any atom is -0.483 e. The molecule has 1 saturated heterocycles. The average Bonchev–Trinajstić information content (AvgIpc) is 2.73. The Morgan fingerprint density at radius 3 is 2.28 bits per heavy atom. The van der Waals surface area contributed by atoms with E-state index in [9.17, 15) is 9.90 Å². The third kappa shape index (κ3) is 8.39. The molecule has 0 saturated carbocycles. The minimum atomic E-state index is -0.725. The Bertz CT molecular complexity index is 604. The standard InChI is InChI=1S/C20H34N4O2.CH2O2/c1-5-23-11-13-24(14-12-23)20(3,4)15-21-19(26)22-16(2)18(25)17-9-7-6-8-10-17;2-1-3/h6-10,16,18,25H,5,11-15H2,1-4H3,(H2,21,22,26);1H,(H,2,3)/t16-,18-;/m0./s1.